The molecule has 148 valence electrons. The van der Waals surface area contributed by atoms with Crippen LogP contribution in [-0.2, 0) is 0 Å². The molecular weight excluding hydrogens is 352 g/mol. The zero-order chi connectivity index (χ0) is 20.5. The first-order chi connectivity index (χ1) is 13.3. The van der Waals surface area contributed by atoms with Crippen LogP contribution in [0.15, 0.2) is 47.6 Å². The number of benzene rings is 2. The lowest BCUT2D eigenvalue weighted by Crippen LogP contribution is -2.31. The number of rotatable bonds is 5. The summed E-state index contributed by atoms with van der Waals surface area (Å²) < 4.78 is 5.38. The van der Waals surface area contributed by atoms with Crippen LogP contribution in [0.5, 0.6) is 5.75 Å². The van der Waals surface area contributed by atoms with Crippen molar-refractivity contribution in [3.63, 3.8) is 0 Å². The van der Waals surface area contributed by atoms with Crippen LogP contribution in [0.2, 0.25) is 0 Å². The fourth-order valence-electron chi connectivity index (χ4n) is 3.42. The van der Waals surface area contributed by atoms with E-state index in [1.165, 1.54) is 0 Å². The first kappa shape index (κ1) is 19.7. The van der Waals surface area contributed by atoms with Gasteiger partial charge >= 0.3 is 0 Å². The van der Waals surface area contributed by atoms with Crippen molar-refractivity contribution >= 4 is 23.0 Å². The Hall–Kier alpha value is -3.02. The Morgan fingerprint density at radius 3 is 2.61 bits per heavy atom. The number of hydrogen-bond donors (Lipinski definition) is 1. The topological polar surface area (TPSA) is 57.2 Å². The van der Waals surface area contributed by atoms with Crippen molar-refractivity contribution in [2.24, 2.45) is 10.5 Å². The molecule has 1 N–H and O–H groups in total. The molecule has 0 aliphatic carbocycles. The Morgan fingerprint density at radius 2 is 1.96 bits per heavy atom. The molecule has 0 saturated carbocycles. The van der Waals surface area contributed by atoms with Gasteiger partial charge in [-0.05, 0) is 36.4 Å². The van der Waals surface area contributed by atoms with Gasteiger partial charge in [-0.2, -0.15) is 5.10 Å². The van der Waals surface area contributed by atoms with Crippen LogP contribution >= 0.6 is 0 Å². The Labute approximate surface area is 166 Å². The van der Waals surface area contributed by atoms with Gasteiger partial charge in [0.15, 0.2) is 0 Å². The number of hydrogen-bond acceptors (Lipinski definition) is 5. The molecule has 6 nitrogen and oxygen atoms in total. The van der Waals surface area contributed by atoms with E-state index < -0.39 is 0 Å². The molecule has 0 fully saturated rings. The molecule has 3 rings (SSSR count). The van der Waals surface area contributed by atoms with E-state index in [-0.39, 0.29) is 11.3 Å². The predicted octanol–water partition coefficient (Wildman–Crippen LogP) is 3.69. The number of nitrogens with one attached hydrogen (secondary N) is 1. The van der Waals surface area contributed by atoms with E-state index in [0.717, 1.165) is 28.4 Å². The fourth-order valence-corrected chi connectivity index (χ4v) is 3.42. The minimum absolute atomic E-state index is 0.0888. The van der Waals surface area contributed by atoms with Crippen molar-refractivity contribution in [2.45, 2.75) is 13.8 Å². The molecule has 28 heavy (non-hydrogen) atoms. The van der Waals surface area contributed by atoms with Gasteiger partial charge in [-0.3, -0.25) is 4.79 Å². The van der Waals surface area contributed by atoms with E-state index in [1.54, 1.807) is 12.1 Å². The molecule has 6 heteroatoms. The average molecular weight is 380 g/mol. The quantitative estimate of drug-likeness (QED) is 0.860. The number of anilines is 2. The third-order valence-corrected chi connectivity index (χ3v) is 4.99. The van der Waals surface area contributed by atoms with Crippen LogP contribution in [0.1, 0.15) is 29.8 Å². The molecule has 0 saturated heterocycles. The predicted molar refractivity (Wildman–Crippen MR) is 115 cm³/mol. The summed E-state index contributed by atoms with van der Waals surface area (Å²) in [6.07, 6.45) is 0. The van der Waals surface area contributed by atoms with Crippen molar-refractivity contribution in [3.05, 3.63) is 53.6 Å². The largest absolute Gasteiger partial charge is 0.495 e. The van der Waals surface area contributed by atoms with Crippen molar-refractivity contribution in [3.8, 4) is 5.75 Å². The highest BCUT2D eigenvalue weighted by molar-refractivity contribution is 6.08. The van der Waals surface area contributed by atoms with E-state index in [4.69, 9.17) is 9.84 Å². The molecule has 1 heterocycles. The lowest BCUT2D eigenvalue weighted by Gasteiger charge is -2.21. The number of nitrogens with zero attached hydrogens (tertiary/aromatic N) is 3. The maximum absolute atomic E-state index is 13.1. The summed E-state index contributed by atoms with van der Waals surface area (Å²) in [4.78, 5) is 15.1. The first-order valence-corrected chi connectivity index (χ1v) is 9.31. The second-order valence-corrected chi connectivity index (χ2v) is 7.81. The van der Waals surface area contributed by atoms with E-state index in [0.29, 0.717) is 12.1 Å². The summed E-state index contributed by atoms with van der Waals surface area (Å²) in [7, 11) is 7.43. The highest BCUT2D eigenvalue weighted by Gasteiger charge is 2.38. The maximum atomic E-state index is 13.1. The van der Waals surface area contributed by atoms with Gasteiger partial charge in [0.2, 0.25) is 0 Å². The van der Waals surface area contributed by atoms with Crippen LogP contribution in [-0.4, -0.2) is 51.4 Å². The van der Waals surface area contributed by atoms with Crippen molar-refractivity contribution < 1.29 is 9.53 Å². The van der Waals surface area contributed by atoms with Crippen LogP contribution in [0.4, 0.5) is 11.4 Å². The van der Waals surface area contributed by atoms with Gasteiger partial charge in [0.05, 0.1) is 25.1 Å². The average Bonchev–Trinajstić information content (AvgIpc) is 3.02. The maximum Gasteiger partial charge on any atom is 0.274 e. The smallest absolute Gasteiger partial charge is 0.274 e. The standard InChI is InChI=1S/C22H28N4O2/c1-22(2)14-26(21(27)16-8-7-9-17(12-16)25(4)5)24-20(22)15-10-11-19(28-6)18(13-15)23-3/h7-13,23H,14H2,1-6H3. The molecule has 0 unspecified atom stereocenters. The number of carbonyl (C=O) groups is 1. The molecule has 2 aromatic carbocycles. The van der Waals surface area contributed by atoms with Gasteiger partial charge in [0, 0.05) is 43.4 Å². The molecule has 2 aromatic rings. The number of amides is 1. The Morgan fingerprint density at radius 1 is 1.21 bits per heavy atom. The lowest BCUT2D eigenvalue weighted by molar-refractivity contribution is 0.0753. The zero-order valence-electron chi connectivity index (χ0n) is 17.4. The summed E-state index contributed by atoms with van der Waals surface area (Å²) in [5.74, 6) is 0.685. The van der Waals surface area contributed by atoms with Gasteiger partial charge in [-0.25, -0.2) is 5.01 Å². The third kappa shape index (κ3) is 3.67. The molecule has 0 bridgehead atoms. The highest BCUT2D eigenvalue weighted by atomic mass is 16.5. The number of hydrazone groups is 1. The van der Waals surface area contributed by atoms with E-state index in [1.807, 2.05) is 68.5 Å². The molecule has 1 amide bonds. The Bertz CT molecular complexity index is 919. The Kier molecular flexibility index (Phi) is 5.31. The number of carbonyl (C=O) groups excluding carboxylic acids is 1. The molecular formula is C22H28N4O2. The molecule has 0 spiro atoms. The molecule has 1 aliphatic heterocycles. The SMILES string of the molecule is CNc1cc(C2=NN(C(=O)c3cccc(N(C)C)c3)CC2(C)C)ccc1OC. The van der Waals surface area contributed by atoms with Crippen LogP contribution in [0.25, 0.3) is 0 Å². The molecule has 0 aromatic heterocycles. The van der Waals surface area contributed by atoms with Crippen molar-refractivity contribution in [1.82, 2.24) is 5.01 Å². The second-order valence-electron chi connectivity index (χ2n) is 7.81. The first-order valence-electron chi connectivity index (χ1n) is 9.31. The van der Waals surface area contributed by atoms with E-state index >= 15 is 0 Å². The van der Waals surface area contributed by atoms with Gasteiger partial charge in [-0.15, -0.1) is 0 Å². The van der Waals surface area contributed by atoms with Gasteiger partial charge < -0.3 is 15.0 Å². The highest BCUT2D eigenvalue weighted by Crippen LogP contribution is 2.34. The van der Waals surface area contributed by atoms with E-state index in [2.05, 4.69) is 19.2 Å². The van der Waals surface area contributed by atoms with E-state index in [9.17, 15) is 4.79 Å². The van der Waals surface area contributed by atoms with Crippen molar-refractivity contribution in [2.75, 3.05) is 45.0 Å². The molecule has 1 aliphatic rings. The minimum Gasteiger partial charge on any atom is -0.495 e. The van der Waals surface area contributed by atoms with Crippen molar-refractivity contribution in [1.29, 1.82) is 0 Å². The third-order valence-electron chi connectivity index (χ3n) is 4.99. The summed E-state index contributed by atoms with van der Waals surface area (Å²) >= 11 is 0. The fraction of sp³-hybridized carbons (Fsp3) is 0.364. The normalized spacial score (nSPS) is 15.2. The molecule has 0 radical (unpaired) electrons. The lowest BCUT2D eigenvalue weighted by atomic mass is 9.84. The van der Waals surface area contributed by atoms with Gasteiger partial charge in [0.25, 0.3) is 5.91 Å². The summed E-state index contributed by atoms with van der Waals surface area (Å²) in [5.41, 5.74) is 4.13. The molecule has 0 atom stereocenters. The zero-order valence-corrected chi connectivity index (χ0v) is 17.4. The summed E-state index contributed by atoms with van der Waals surface area (Å²) in [6, 6.07) is 13.5. The van der Waals surface area contributed by atoms with Crippen LogP contribution < -0.4 is 15.0 Å². The second kappa shape index (κ2) is 7.54. The van der Waals surface area contributed by atoms with Gasteiger partial charge in [-0.1, -0.05) is 19.9 Å². The number of methoxy groups -OCH3 is 1. The van der Waals surface area contributed by atoms with Crippen LogP contribution in [0, 0.1) is 5.41 Å². The number of ether oxygens (including phenoxy) is 1. The summed E-state index contributed by atoms with van der Waals surface area (Å²) in [6.45, 7) is 4.76. The Balaban J connectivity index is 1.95. The monoisotopic (exact) mass is 380 g/mol. The van der Waals surface area contributed by atoms with Gasteiger partial charge in [0.1, 0.15) is 5.75 Å². The summed E-state index contributed by atoms with van der Waals surface area (Å²) in [5, 5.41) is 9.44. The minimum atomic E-state index is -0.256. The van der Waals surface area contributed by atoms with Crippen LogP contribution in [0.3, 0.4) is 0 Å².